The SMILES string of the molecule is COc1ccc2c(COC(=O)C[C@H]3C[C@H]4CC[C@@H]3C4)cc(=O)oc2c1. The summed E-state index contributed by atoms with van der Waals surface area (Å²) in [5.41, 5.74) is 0.640. The van der Waals surface area contributed by atoms with Crippen molar-refractivity contribution < 1.29 is 18.7 Å². The molecular formula is C20H22O5. The minimum Gasteiger partial charge on any atom is -0.497 e. The number of carbonyl (C=O) groups excluding carboxylic acids is 1. The summed E-state index contributed by atoms with van der Waals surface area (Å²) in [6, 6.07) is 6.66. The Bertz CT molecular complexity index is 853. The molecule has 0 radical (unpaired) electrons. The first kappa shape index (κ1) is 16.2. The van der Waals surface area contributed by atoms with Gasteiger partial charge in [-0.3, -0.25) is 4.79 Å². The molecule has 3 atom stereocenters. The van der Waals surface area contributed by atoms with Crippen molar-refractivity contribution in [3.05, 3.63) is 40.2 Å². The van der Waals surface area contributed by atoms with Gasteiger partial charge in [-0.2, -0.15) is 0 Å². The van der Waals surface area contributed by atoms with Crippen molar-refractivity contribution in [3.63, 3.8) is 0 Å². The summed E-state index contributed by atoms with van der Waals surface area (Å²) in [5.74, 6) is 2.44. The maximum absolute atomic E-state index is 12.2. The van der Waals surface area contributed by atoms with Gasteiger partial charge in [-0.1, -0.05) is 6.42 Å². The Balaban J connectivity index is 1.45. The fourth-order valence-electron chi connectivity index (χ4n) is 4.51. The van der Waals surface area contributed by atoms with E-state index in [1.54, 1.807) is 19.2 Å². The largest absolute Gasteiger partial charge is 0.497 e. The summed E-state index contributed by atoms with van der Waals surface area (Å²) in [4.78, 5) is 24.0. The zero-order valence-corrected chi connectivity index (χ0v) is 14.3. The van der Waals surface area contributed by atoms with Crippen molar-refractivity contribution in [2.24, 2.45) is 17.8 Å². The zero-order valence-electron chi connectivity index (χ0n) is 14.3. The van der Waals surface area contributed by atoms with Crippen LogP contribution in [0.1, 0.15) is 37.7 Å². The molecule has 2 aromatic rings. The average molecular weight is 342 g/mol. The lowest BCUT2D eigenvalue weighted by Gasteiger charge is -2.20. The first-order valence-corrected chi connectivity index (χ1v) is 8.89. The van der Waals surface area contributed by atoms with Crippen LogP contribution in [0.2, 0.25) is 0 Å². The van der Waals surface area contributed by atoms with E-state index in [0.29, 0.717) is 35.2 Å². The molecule has 2 bridgehead atoms. The molecule has 5 nitrogen and oxygen atoms in total. The molecule has 0 saturated heterocycles. The Morgan fingerprint density at radius 3 is 2.84 bits per heavy atom. The van der Waals surface area contributed by atoms with Crippen LogP contribution in [0, 0.1) is 17.8 Å². The molecule has 0 N–H and O–H groups in total. The average Bonchev–Trinajstić information content (AvgIpc) is 3.21. The third-order valence-electron chi connectivity index (χ3n) is 5.74. The van der Waals surface area contributed by atoms with Gasteiger partial charge in [0.1, 0.15) is 17.9 Å². The van der Waals surface area contributed by atoms with E-state index in [2.05, 4.69) is 0 Å². The molecule has 2 fully saturated rings. The number of hydrogen-bond acceptors (Lipinski definition) is 5. The molecule has 0 unspecified atom stereocenters. The van der Waals surface area contributed by atoms with Gasteiger partial charge in [0.15, 0.2) is 0 Å². The fraction of sp³-hybridized carbons (Fsp3) is 0.500. The van der Waals surface area contributed by atoms with E-state index in [1.807, 2.05) is 6.07 Å². The molecule has 4 rings (SSSR count). The van der Waals surface area contributed by atoms with Crippen molar-refractivity contribution >= 4 is 16.9 Å². The van der Waals surface area contributed by atoms with Crippen molar-refractivity contribution in [1.82, 2.24) is 0 Å². The van der Waals surface area contributed by atoms with Crippen LogP contribution in [0.5, 0.6) is 5.75 Å². The number of benzene rings is 1. The fourth-order valence-corrected chi connectivity index (χ4v) is 4.51. The van der Waals surface area contributed by atoms with Crippen LogP contribution < -0.4 is 10.4 Å². The molecule has 2 aliphatic carbocycles. The summed E-state index contributed by atoms with van der Waals surface area (Å²) < 4.78 is 15.8. The summed E-state index contributed by atoms with van der Waals surface area (Å²) in [7, 11) is 1.56. The van der Waals surface area contributed by atoms with Crippen LogP contribution in [-0.2, 0) is 16.1 Å². The van der Waals surface area contributed by atoms with Gasteiger partial charge in [-0.05, 0) is 49.1 Å². The molecule has 132 valence electrons. The molecule has 0 aliphatic heterocycles. The monoisotopic (exact) mass is 342 g/mol. The molecule has 1 aromatic carbocycles. The van der Waals surface area contributed by atoms with Crippen molar-refractivity contribution in [2.45, 2.75) is 38.7 Å². The van der Waals surface area contributed by atoms with Crippen molar-refractivity contribution in [2.75, 3.05) is 7.11 Å². The second-order valence-corrected chi connectivity index (χ2v) is 7.25. The third-order valence-corrected chi connectivity index (χ3v) is 5.74. The predicted octanol–water partition coefficient (Wildman–Crippen LogP) is 3.67. The van der Waals surface area contributed by atoms with Gasteiger partial charge in [0.25, 0.3) is 0 Å². The molecule has 0 spiro atoms. The molecule has 0 amide bonds. The number of methoxy groups -OCH3 is 1. The summed E-state index contributed by atoms with van der Waals surface area (Å²) in [6.45, 7) is 0.0913. The third kappa shape index (κ3) is 3.28. The van der Waals surface area contributed by atoms with Gasteiger partial charge in [-0.25, -0.2) is 4.79 Å². The topological polar surface area (TPSA) is 65.7 Å². The molecule has 25 heavy (non-hydrogen) atoms. The van der Waals surface area contributed by atoms with Crippen molar-refractivity contribution in [1.29, 1.82) is 0 Å². The van der Waals surface area contributed by atoms with Crippen LogP contribution >= 0.6 is 0 Å². The van der Waals surface area contributed by atoms with Crippen LogP contribution in [0.3, 0.4) is 0 Å². The highest BCUT2D eigenvalue weighted by atomic mass is 16.5. The summed E-state index contributed by atoms with van der Waals surface area (Å²) >= 11 is 0. The lowest BCUT2D eigenvalue weighted by atomic mass is 9.86. The van der Waals surface area contributed by atoms with Gasteiger partial charge in [0, 0.05) is 29.5 Å². The number of ether oxygens (including phenoxy) is 2. The second-order valence-electron chi connectivity index (χ2n) is 7.25. The Morgan fingerprint density at radius 2 is 2.12 bits per heavy atom. The van der Waals surface area contributed by atoms with E-state index in [1.165, 1.54) is 25.3 Å². The van der Waals surface area contributed by atoms with E-state index < -0.39 is 5.63 Å². The minimum absolute atomic E-state index is 0.0913. The Morgan fingerprint density at radius 1 is 1.24 bits per heavy atom. The highest BCUT2D eigenvalue weighted by Crippen LogP contribution is 2.49. The van der Waals surface area contributed by atoms with E-state index in [4.69, 9.17) is 13.9 Å². The molecule has 2 saturated carbocycles. The molecule has 2 aliphatic rings. The van der Waals surface area contributed by atoms with Gasteiger partial charge in [0.2, 0.25) is 0 Å². The first-order valence-electron chi connectivity index (χ1n) is 8.89. The van der Waals surface area contributed by atoms with Gasteiger partial charge in [0.05, 0.1) is 7.11 Å². The molecule has 1 heterocycles. The van der Waals surface area contributed by atoms with Crippen LogP contribution in [0.4, 0.5) is 0 Å². The van der Waals surface area contributed by atoms with E-state index in [9.17, 15) is 9.59 Å². The normalized spacial score (nSPS) is 24.6. The number of hydrogen-bond donors (Lipinski definition) is 0. The number of fused-ring (bicyclic) bond motifs is 3. The number of rotatable bonds is 5. The second kappa shape index (κ2) is 6.54. The van der Waals surface area contributed by atoms with E-state index >= 15 is 0 Å². The lowest BCUT2D eigenvalue weighted by Crippen LogP contribution is -2.17. The van der Waals surface area contributed by atoms with Crippen molar-refractivity contribution in [3.8, 4) is 5.75 Å². The lowest BCUT2D eigenvalue weighted by molar-refractivity contribution is -0.146. The standard InChI is InChI=1S/C20H22O5/c1-23-16-4-5-17-15(9-20(22)25-18(17)10-16)11-24-19(21)8-14-7-12-2-3-13(14)6-12/h4-5,9-10,12-14H,2-3,6-8,11H2,1H3/t12-,13+,14+/m0/s1. The van der Waals surface area contributed by atoms with E-state index in [0.717, 1.165) is 17.7 Å². The smallest absolute Gasteiger partial charge is 0.336 e. The molecule has 5 heteroatoms. The number of esters is 1. The van der Waals surface area contributed by atoms with Crippen LogP contribution in [0.25, 0.3) is 11.0 Å². The maximum Gasteiger partial charge on any atom is 0.336 e. The summed E-state index contributed by atoms with van der Waals surface area (Å²) in [5, 5.41) is 0.758. The molecular weight excluding hydrogens is 320 g/mol. The summed E-state index contributed by atoms with van der Waals surface area (Å²) in [6.07, 6.45) is 5.52. The van der Waals surface area contributed by atoms with Gasteiger partial charge < -0.3 is 13.9 Å². The highest BCUT2D eigenvalue weighted by molar-refractivity contribution is 5.81. The van der Waals surface area contributed by atoms with Crippen LogP contribution in [0.15, 0.2) is 33.5 Å². The van der Waals surface area contributed by atoms with E-state index in [-0.39, 0.29) is 12.6 Å². The van der Waals surface area contributed by atoms with Gasteiger partial charge >= 0.3 is 11.6 Å². The quantitative estimate of drug-likeness (QED) is 0.613. The Labute approximate surface area is 145 Å². The molecule has 1 aromatic heterocycles. The Kier molecular flexibility index (Phi) is 4.24. The maximum atomic E-state index is 12.2. The predicted molar refractivity (Wildman–Crippen MR) is 92.4 cm³/mol. The number of carbonyl (C=O) groups is 1. The minimum atomic E-state index is -0.458. The van der Waals surface area contributed by atoms with Crippen LogP contribution in [-0.4, -0.2) is 13.1 Å². The first-order chi connectivity index (χ1) is 12.1. The highest BCUT2D eigenvalue weighted by Gasteiger charge is 2.40. The Hall–Kier alpha value is -2.30. The van der Waals surface area contributed by atoms with Gasteiger partial charge in [-0.15, -0.1) is 0 Å². The zero-order chi connectivity index (χ0) is 17.4.